The second-order valence-electron chi connectivity index (χ2n) is 7.49. The lowest BCUT2D eigenvalue weighted by atomic mass is 10.1. The van der Waals surface area contributed by atoms with Gasteiger partial charge >= 0.3 is 0 Å². The van der Waals surface area contributed by atoms with Crippen molar-refractivity contribution in [2.45, 2.75) is 49.8 Å². The van der Waals surface area contributed by atoms with Crippen LogP contribution in [0.1, 0.15) is 36.0 Å². The van der Waals surface area contributed by atoms with E-state index in [1.807, 2.05) is 19.1 Å². The predicted octanol–water partition coefficient (Wildman–Crippen LogP) is 4.28. The molecule has 2 fully saturated rings. The van der Waals surface area contributed by atoms with Gasteiger partial charge in [0.1, 0.15) is 5.75 Å². The van der Waals surface area contributed by atoms with Gasteiger partial charge in [-0.3, -0.25) is 9.62 Å². The van der Waals surface area contributed by atoms with E-state index >= 15 is 0 Å². The van der Waals surface area contributed by atoms with E-state index in [2.05, 4.69) is 46.0 Å². The van der Waals surface area contributed by atoms with E-state index in [9.17, 15) is 0 Å². The number of rotatable bonds is 7. The predicted molar refractivity (Wildman–Crippen MR) is 109 cm³/mol. The Bertz CT molecular complexity index is 826. The normalized spacial score (nSPS) is 19.8. The molecule has 1 N–H and O–H groups in total. The number of ether oxygens (including phenoxy) is 1. The van der Waals surface area contributed by atoms with Crippen LogP contribution >= 0.6 is 11.9 Å². The van der Waals surface area contributed by atoms with Crippen molar-refractivity contribution >= 4 is 11.9 Å². The third-order valence-corrected chi connectivity index (χ3v) is 6.04. The van der Waals surface area contributed by atoms with Gasteiger partial charge in [-0.25, -0.2) is 0 Å². The Balaban J connectivity index is 1.24. The molecule has 5 heteroatoms. The molecular weight excluding hydrogens is 354 g/mol. The summed E-state index contributed by atoms with van der Waals surface area (Å²) >= 11 is 1.63. The summed E-state index contributed by atoms with van der Waals surface area (Å²) in [6.45, 7) is 5.11. The highest BCUT2D eigenvalue weighted by Crippen LogP contribution is 2.27. The van der Waals surface area contributed by atoms with Crippen molar-refractivity contribution in [3.8, 4) is 11.8 Å². The largest absolute Gasteiger partial charge is 0.490 e. The van der Waals surface area contributed by atoms with Gasteiger partial charge in [0.2, 0.25) is 0 Å². The molecule has 140 valence electrons. The summed E-state index contributed by atoms with van der Waals surface area (Å²) in [6.07, 6.45) is 3.99. The second kappa shape index (κ2) is 8.35. The summed E-state index contributed by atoms with van der Waals surface area (Å²) in [5, 5.41) is 9.17. The summed E-state index contributed by atoms with van der Waals surface area (Å²) < 4.78 is 9.39. The zero-order valence-corrected chi connectivity index (χ0v) is 16.5. The minimum atomic E-state index is 0.455. The fourth-order valence-corrected chi connectivity index (χ4v) is 4.13. The van der Waals surface area contributed by atoms with Crippen LogP contribution in [-0.2, 0) is 6.54 Å². The molecule has 0 spiro atoms. The van der Waals surface area contributed by atoms with Gasteiger partial charge in [-0.15, -0.1) is 0 Å². The summed E-state index contributed by atoms with van der Waals surface area (Å²) in [5.41, 5.74) is 3.12. The van der Waals surface area contributed by atoms with Crippen molar-refractivity contribution in [3.63, 3.8) is 0 Å². The average Bonchev–Trinajstić information content (AvgIpc) is 3.39. The number of aryl methyl sites for hydroxylation is 1. The van der Waals surface area contributed by atoms with Gasteiger partial charge in [-0.2, -0.15) is 5.26 Å². The number of nitrogens with one attached hydrogen (secondary N) is 1. The summed E-state index contributed by atoms with van der Waals surface area (Å²) in [4.78, 5) is 3.59. The Morgan fingerprint density at radius 2 is 2.00 bits per heavy atom. The molecule has 1 saturated heterocycles. The minimum absolute atomic E-state index is 0.455. The Morgan fingerprint density at radius 1 is 1.19 bits per heavy atom. The van der Waals surface area contributed by atoms with E-state index in [0.29, 0.717) is 12.1 Å². The van der Waals surface area contributed by atoms with Gasteiger partial charge in [0.25, 0.3) is 0 Å². The van der Waals surface area contributed by atoms with Crippen molar-refractivity contribution < 1.29 is 4.74 Å². The Morgan fingerprint density at radius 3 is 2.74 bits per heavy atom. The van der Waals surface area contributed by atoms with Crippen LogP contribution in [0, 0.1) is 18.3 Å². The molecular formula is C22H25N3OS. The Kier molecular flexibility index (Phi) is 5.68. The molecule has 1 unspecified atom stereocenters. The number of hydrogen-bond acceptors (Lipinski definition) is 5. The maximum Gasteiger partial charge on any atom is 0.119 e. The van der Waals surface area contributed by atoms with Crippen LogP contribution in [0.2, 0.25) is 0 Å². The lowest BCUT2D eigenvalue weighted by Crippen LogP contribution is -2.28. The van der Waals surface area contributed by atoms with Crippen LogP contribution in [0.4, 0.5) is 0 Å². The zero-order chi connectivity index (χ0) is 18.6. The summed E-state index contributed by atoms with van der Waals surface area (Å²) in [5.74, 6) is 0.994. The Hall–Kier alpha value is -2.00. The lowest BCUT2D eigenvalue weighted by molar-refractivity contribution is 0.302. The molecule has 0 amide bonds. The summed E-state index contributed by atoms with van der Waals surface area (Å²) in [7, 11) is 0. The molecule has 1 aliphatic heterocycles. The maximum absolute atomic E-state index is 9.17. The molecule has 2 aliphatic rings. The maximum atomic E-state index is 9.17. The van der Waals surface area contributed by atoms with Gasteiger partial charge in [0.05, 0.1) is 17.7 Å². The fraction of sp³-hybridized carbons (Fsp3) is 0.409. The highest BCUT2D eigenvalue weighted by atomic mass is 32.2. The van der Waals surface area contributed by atoms with Gasteiger partial charge in [-0.1, -0.05) is 18.2 Å². The molecule has 2 aromatic carbocycles. The number of nitrogens with zero attached hydrogens (tertiary/aromatic N) is 2. The second-order valence-corrected chi connectivity index (χ2v) is 8.40. The first-order valence-electron chi connectivity index (χ1n) is 9.60. The van der Waals surface area contributed by atoms with Crippen molar-refractivity contribution in [1.82, 2.24) is 9.62 Å². The quantitative estimate of drug-likeness (QED) is 0.728. The molecule has 0 aromatic heterocycles. The summed E-state index contributed by atoms with van der Waals surface area (Å²) in [6, 6.07) is 17.3. The van der Waals surface area contributed by atoms with Crippen LogP contribution in [0.5, 0.6) is 5.75 Å². The first-order valence-corrected chi connectivity index (χ1v) is 10.4. The van der Waals surface area contributed by atoms with Crippen LogP contribution in [0.15, 0.2) is 47.4 Å². The van der Waals surface area contributed by atoms with Gasteiger partial charge < -0.3 is 4.74 Å². The average molecular weight is 380 g/mol. The number of likely N-dealkylation sites (tertiary alicyclic amines) is 1. The van der Waals surface area contributed by atoms with Crippen LogP contribution in [0.25, 0.3) is 0 Å². The molecule has 0 bridgehead atoms. The number of hydrogen-bond donors (Lipinski definition) is 1. The van der Waals surface area contributed by atoms with E-state index in [0.717, 1.165) is 47.8 Å². The lowest BCUT2D eigenvalue weighted by Gasteiger charge is -2.17. The number of benzene rings is 2. The first kappa shape index (κ1) is 18.4. The SMILES string of the molecule is Cc1ccc(SNC2CCN(Cc3ccc(OC4CC4)cc3)C2)cc1C#N. The van der Waals surface area contributed by atoms with E-state index < -0.39 is 0 Å². The molecule has 2 aromatic rings. The third-order valence-electron chi connectivity index (χ3n) is 5.10. The van der Waals surface area contributed by atoms with Crippen molar-refractivity contribution in [2.24, 2.45) is 0 Å². The van der Waals surface area contributed by atoms with Gasteiger partial charge in [0, 0.05) is 30.6 Å². The molecule has 1 atom stereocenters. The zero-order valence-electron chi connectivity index (χ0n) is 15.6. The molecule has 1 heterocycles. The Labute approximate surface area is 165 Å². The smallest absolute Gasteiger partial charge is 0.119 e. The highest BCUT2D eigenvalue weighted by molar-refractivity contribution is 7.97. The highest BCUT2D eigenvalue weighted by Gasteiger charge is 2.24. The topological polar surface area (TPSA) is 48.3 Å². The van der Waals surface area contributed by atoms with E-state index in [4.69, 9.17) is 10.00 Å². The third kappa shape index (κ3) is 5.04. The van der Waals surface area contributed by atoms with Crippen LogP contribution < -0.4 is 9.46 Å². The van der Waals surface area contributed by atoms with E-state index in [-0.39, 0.29) is 0 Å². The van der Waals surface area contributed by atoms with E-state index in [1.54, 1.807) is 11.9 Å². The van der Waals surface area contributed by atoms with Crippen molar-refractivity contribution in [1.29, 1.82) is 5.26 Å². The van der Waals surface area contributed by atoms with Crippen LogP contribution in [-0.4, -0.2) is 30.1 Å². The molecule has 27 heavy (non-hydrogen) atoms. The van der Waals surface area contributed by atoms with E-state index in [1.165, 1.54) is 18.4 Å². The standard InChI is InChI=1S/C22H25N3OS/c1-16-2-9-22(12-18(16)13-23)27-24-19-10-11-25(15-19)14-17-3-5-20(6-4-17)26-21-7-8-21/h2-6,9,12,19,21,24H,7-8,10-11,14-15H2,1H3. The molecule has 1 aliphatic carbocycles. The first-order chi connectivity index (χ1) is 13.2. The monoisotopic (exact) mass is 379 g/mol. The van der Waals surface area contributed by atoms with Gasteiger partial charge in [-0.05, 0) is 73.5 Å². The molecule has 0 radical (unpaired) electrons. The van der Waals surface area contributed by atoms with Crippen molar-refractivity contribution in [2.75, 3.05) is 13.1 Å². The molecule has 4 nitrogen and oxygen atoms in total. The van der Waals surface area contributed by atoms with Crippen LogP contribution in [0.3, 0.4) is 0 Å². The fourth-order valence-electron chi connectivity index (χ4n) is 3.32. The molecule has 4 rings (SSSR count). The van der Waals surface area contributed by atoms with Gasteiger partial charge in [0.15, 0.2) is 0 Å². The van der Waals surface area contributed by atoms with Crippen molar-refractivity contribution in [3.05, 3.63) is 59.2 Å². The number of nitriles is 1. The molecule has 1 saturated carbocycles. The minimum Gasteiger partial charge on any atom is -0.490 e.